The van der Waals surface area contributed by atoms with Crippen LogP contribution < -0.4 is 10.6 Å². The van der Waals surface area contributed by atoms with Crippen LogP contribution in [-0.2, 0) is 0 Å². The zero-order valence-electron chi connectivity index (χ0n) is 10.6. The minimum absolute atomic E-state index is 0.210. The number of rotatable bonds is 5. The van der Waals surface area contributed by atoms with Crippen LogP contribution in [0.25, 0.3) is 0 Å². The van der Waals surface area contributed by atoms with Crippen LogP contribution in [0.15, 0.2) is 18.2 Å². The summed E-state index contributed by atoms with van der Waals surface area (Å²) in [5, 5.41) is 5.58. The molecule has 1 aromatic carbocycles. The lowest BCUT2D eigenvalue weighted by atomic mass is 9.83. The van der Waals surface area contributed by atoms with E-state index in [1.807, 2.05) is 0 Å². The van der Waals surface area contributed by atoms with Gasteiger partial charge in [-0.1, -0.05) is 25.3 Å². The van der Waals surface area contributed by atoms with Gasteiger partial charge in [0.25, 0.3) is 5.91 Å². The van der Waals surface area contributed by atoms with Gasteiger partial charge in [0.2, 0.25) is 0 Å². The van der Waals surface area contributed by atoms with Gasteiger partial charge in [-0.3, -0.25) is 4.79 Å². The highest BCUT2D eigenvalue weighted by atomic mass is 19.1. The first-order chi connectivity index (χ1) is 8.72. The smallest absolute Gasteiger partial charge is 0.253 e. The van der Waals surface area contributed by atoms with E-state index in [0.717, 1.165) is 12.3 Å². The predicted molar refractivity (Wildman–Crippen MR) is 70.2 cm³/mol. The van der Waals surface area contributed by atoms with E-state index >= 15 is 0 Å². The second-order valence-electron chi connectivity index (χ2n) is 4.75. The summed E-state index contributed by atoms with van der Waals surface area (Å²) in [5.74, 6) is 0.156. The molecular formula is C14H19FN2O. The van der Waals surface area contributed by atoms with Crippen molar-refractivity contribution in [3.8, 4) is 0 Å². The Morgan fingerprint density at radius 3 is 2.83 bits per heavy atom. The second kappa shape index (κ2) is 5.85. The van der Waals surface area contributed by atoms with Gasteiger partial charge in [-0.05, 0) is 24.5 Å². The molecule has 1 amide bonds. The first-order valence-corrected chi connectivity index (χ1v) is 6.47. The molecule has 0 saturated heterocycles. The van der Waals surface area contributed by atoms with Crippen molar-refractivity contribution in [3.05, 3.63) is 29.6 Å². The van der Waals surface area contributed by atoms with Crippen LogP contribution in [0.1, 0.15) is 36.0 Å². The maximum atomic E-state index is 13.5. The Bertz CT molecular complexity index is 430. The summed E-state index contributed by atoms with van der Waals surface area (Å²) in [6, 6.07) is 4.53. The Hall–Kier alpha value is -1.58. The fraction of sp³-hybridized carbons (Fsp3) is 0.500. The largest absolute Gasteiger partial charge is 0.385 e. The average Bonchev–Trinajstić information content (AvgIpc) is 2.31. The van der Waals surface area contributed by atoms with Crippen LogP contribution in [0.3, 0.4) is 0 Å². The minimum Gasteiger partial charge on any atom is -0.385 e. The highest BCUT2D eigenvalue weighted by molar-refractivity contribution is 5.99. The SMILES string of the molecule is CNc1c(F)cccc1C(=O)NCCC1CCC1. The third kappa shape index (κ3) is 2.81. The van der Waals surface area contributed by atoms with E-state index in [0.29, 0.717) is 12.1 Å². The minimum atomic E-state index is -0.399. The molecule has 0 radical (unpaired) electrons. The van der Waals surface area contributed by atoms with E-state index in [1.54, 1.807) is 19.2 Å². The van der Waals surface area contributed by atoms with Gasteiger partial charge in [-0.15, -0.1) is 0 Å². The molecule has 0 bridgehead atoms. The average molecular weight is 250 g/mol. The van der Waals surface area contributed by atoms with Crippen molar-refractivity contribution in [1.29, 1.82) is 0 Å². The summed E-state index contributed by atoms with van der Waals surface area (Å²) in [5.41, 5.74) is 0.629. The van der Waals surface area contributed by atoms with E-state index in [1.165, 1.54) is 25.3 Å². The number of carbonyl (C=O) groups is 1. The van der Waals surface area contributed by atoms with E-state index in [2.05, 4.69) is 10.6 Å². The molecule has 1 aliphatic rings. The number of benzene rings is 1. The first kappa shape index (κ1) is 12.9. The van der Waals surface area contributed by atoms with E-state index in [9.17, 15) is 9.18 Å². The number of amides is 1. The summed E-state index contributed by atoms with van der Waals surface area (Å²) in [6.07, 6.45) is 4.89. The molecule has 1 aromatic rings. The van der Waals surface area contributed by atoms with Gasteiger partial charge >= 0.3 is 0 Å². The van der Waals surface area contributed by atoms with Crippen molar-refractivity contribution < 1.29 is 9.18 Å². The number of nitrogens with one attached hydrogen (secondary N) is 2. The van der Waals surface area contributed by atoms with Crippen LogP contribution >= 0.6 is 0 Å². The molecule has 2 rings (SSSR count). The topological polar surface area (TPSA) is 41.1 Å². The van der Waals surface area contributed by atoms with Crippen molar-refractivity contribution >= 4 is 11.6 Å². The van der Waals surface area contributed by atoms with Gasteiger partial charge in [0, 0.05) is 13.6 Å². The summed E-state index contributed by atoms with van der Waals surface area (Å²) >= 11 is 0. The molecule has 4 heteroatoms. The summed E-state index contributed by atoms with van der Waals surface area (Å²) in [7, 11) is 1.61. The van der Waals surface area contributed by atoms with Crippen molar-refractivity contribution in [1.82, 2.24) is 5.32 Å². The van der Waals surface area contributed by atoms with Crippen molar-refractivity contribution in [2.75, 3.05) is 18.9 Å². The number of halogens is 1. The molecule has 98 valence electrons. The Balaban J connectivity index is 1.93. The maximum absolute atomic E-state index is 13.5. The van der Waals surface area contributed by atoms with Crippen LogP contribution in [0, 0.1) is 11.7 Å². The molecular weight excluding hydrogens is 231 g/mol. The zero-order valence-corrected chi connectivity index (χ0v) is 10.6. The van der Waals surface area contributed by atoms with Crippen molar-refractivity contribution in [2.24, 2.45) is 5.92 Å². The number of carbonyl (C=O) groups excluding carboxylic acids is 1. The molecule has 0 atom stereocenters. The van der Waals surface area contributed by atoms with Gasteiger partial charge in [0.15, 0.2) is 0 Å². The summed E-state index contributed by atoms with van der Waals surface area (Å²) < 4.78 is 13.5. The fourth-order valence-electron chi connectivity index (χ4n) is 2.23. The third-order valence-electron chi connectivity index (χ3n) is 3.57. The molecule has 2 N–H and O–H groups in total. The molecule has 1 aliphatic carbocycles. The molecule has 0 unspecified atom stereocenters. The van der Waals surface area contributed by atoms with Crippen LogP contribution in [0.2, 0.25) is 0 Å². The molecule has 18 heavy (non-hydrogen) atoms. The summed E-state index contributed by atoms with van der Waals surface area (Å²) in [6.45, 7) is 0.670. The fourth-order valence-corrected chi connectivity index (χ4v) is 2.23. The van der Waals surface area contributed by atoms with Gasteiger partial charge in [-0.2, -0.15) is 0 Å². The van der Waals surface area contributed by atoms with Crippen molar-refractivity contribution in [2.45, 2.75) is 25.7 Å². The number of anilines is 1. The number of para-hydroxylation sites is 1. The lowest BCUT2D eigenvalue weighted by molar-refractivity contribution is 0.0949. The van der Waals surface area contributed by atoms with Crippen LogP contribution in [-0.4, -0.2) is 19.5 Å². The second-order valence-corrected chi connectivity index (χ2v) is 4.75. The Kier molecular flexibility index (Phi) is 4.18. The molecule has 3 nitrogen and oxygen atoms in total. The molecule has 1 fully saturated rings. The highest BCUT2D eigenvalue weighted by Gasteiger charge is 2.18. The first-order valence-electron chi connectivity index (χ1n) is 6.47. The van der Waals surface area contributed by atoms with Gasteiger partial charge in [0.1, 0.15) is 5.82 Å². The normalized spacial score (nSPS) is 15.0. The standard InChI is InChI=1S/C14H19FN2O/c1-16-13-11(6-3-7-12(13)15)14(18)17-9-8-10-4-2-5-10/h3,6-7,10,16H,2,4-5,8-9H2,1H3,(H,17,18). The van der Waals surface area contributed by atoms with Gasteiger partial charge in [-0.25, -0.2) is 4.39 Å². The highest BCUT2D eigenvalue weighted by Crippen LogP contribution is 2.28. The Morgan fingerprint density at radius 1 is 1.44 bits per heavy atom. The van der Waals surface area contributed by atoms with E-state index in [-0.39, 0.29) is 11.6 Å². The van der Waals surface area contributed by atoms with E-state index in [4.69, 9.17) is 0 Å². The van der Waals surface area contributed by atoms with Crippen LogP contribution in [0.5, 0.6) is 0 Å². The number of hydrogen-bond donors (Lipinski definition) is 2. The Morgan fingerprint density at radius 2 is 2.22 bits per heavy atom. The van der Waals surface area contributed by atoms with Gasteiger partial charge in [0.05, 0.1) is 11.3 Å². The van der Waals surface area contributed by atoms with E-state index < -0.39 is 5.82 Å². The third-order valence-corrected chi connectivity index (χ3v) is 3.57. The quantitative estimate of drug-likeness (QED) is 0.843. The molecule has 0 aromatic heterocycles. The maximum Gasteiger partial charge on any atom is 0.253 e. The predicted octanol–water partition coefficient (Wildman–Crippen LogP) is 2.79. The molecule has 0 heterocycles. The van der Waals surface area contributed by atoms with Crippen molar-refractivity contribution in [3.63, 3.8) is 0 Å². The molecule has 0 aliphatic heterocycles. The lowest BCUT2D eigenvalue weighted by Crippen LogP contribution is -2.28. The monoisotopic (exact) mass is 250 g/mol. The Labute approximate surface area is 107 Å². The summed E-state index contributed by atoms with van der Waals surface area (Å²) in [4.78, 5) is 11.9. The zero-order chi connectivity index (χ0) is 13.0. The molecule has 0 spiro atoms. The lowest BCUT2D eigenvalue weighted by Gasteiger charge is -2.25. The number of hydrogen-bond acceptors (Lipinski definition) is 2. The molecule has 1 saturated carbocycles. The van der Waals surface area contributed by atoms with Crippen LogP contribution in [0.4, 0.5) is 10.1 Å². The van der Waals surface area contributed by atoms with Gasteiger partial charge < -0.3 is 10.6 Å².